The highest BCUT2D eigenvalue weighted by molar-refractivity contribution is 9.10. The average Bonchev–Trinajstić information content (AvgIpc) is 2.95. The maximum Gasteiger partial charge on any atom is 0.220 e. The van der Waals surface area contributed by atoms with Gasteiger partial charge in [0.25, 0.3) is 0 Å². The quantitative estimate of drug-likeness (QED) is 0.871. The fourth-order valence-electron chi connectivity index (χ4n) is 1.85. The Hall–Kier alpha value is -2.13. The molecule has 0 saturated heterocycles. The number of amides is 1. The fourth-order valence-corrected chi connectivity index (χ4v) is 2.12. The molecule has 0 bridgehead atoms. The molecular weight excluding hydrogens is 332 g/mol. The summed E-state index contributed by atoms with van der Waals surface area (Å²) in [5.41, 5.74) is 1.66. The van der Waals surface area contributed by atoms with Gasteiger partial charge in [0.2, 0.25) is 5.91 Å². The van der Waals surface area contributed by atoms with E-state index in [1.54, 1.807) is 10.9 Å². The Morgan fingerprint density at radius 1 is 1.38 bits per heavy atom. The van der Waals surface area contributed by atoms with Gasteiger partial charge in [-0.3, -0.25) is 9.48 Å². The zero-order valence-electron chi connectivity index (χ0n) is 11.4. The second-order valence-corrected chi connectivity index (χ2v) is 5.50. The minimum absolute atomic E-state index is 0.0191. The number of halogens is 1. The van der Waals surface area contributed by atoms with Crippen LogP contribution in [-0.2, 0) is 17.8 Å². The van der Waals surface area contributed by atoms with Crippen LogP contribution in [0.1, 0.15) is 17.5 Å². The van der Waals surface area contributed by atoms with Gasteiger partial charge in [-0.25, -0.2) is 0 Å². The highest BCUT2D eigenvalue weighted by atomic mass is 79.9. The first kappa shape index (κ1) is 15.3. The number of nitrogens with one attached hydrogen (secondary N) is 1. The molecule has 0 atom stereocenters. The Morgan fingerprint density at radius 2 is 2.14 bits per heavy atom. The van der Waals surface area contributed by atoms with Crippen LogP contribution in [0.25, 0.3) is 0 Å². The van der Waals surface area contributed by atoms with Gasteiger partial charge in [-0.05, 0) is 24.1 Å². The molecule has 1 aromatic heterocycles. The number of carbonyl (C=O) groups is 1. The monoisotopic (exact) mass is 346 g/mol. The first-order valence-electron chi connectivity index (χ1n) is 6.61. The van der Waals surface area contributed by atoms with E-state index in [0.717, 1.165) is 16.5 Å². The highest BCUT2D eigenvalue weighted by Gasteiger charge is 2.03. The van der Waals surface area contributed by atoms with Crippen molar-refractivity contribution in [2.75, 3.05) is 6.54 Å². The first-order valence-corrected chi connectivity index (χ1v) is 7.40. The van der Waals surface area contributed by atoms with Crippen molar-refractivity contribution in [2.45, 2.75) is 19.4 Å². The minimum atomic E-state index is 0.0191. The number of aryl methyl sites for hydroxylation is 1. The third-order valence-corrected chi connectivity index (χ3v) is 3.51. The van der Waals surface area contributed by atoms with Crippen LogP contribution in [0, 0.1) is 11.3 Å². The Balaban J connectivity index is 1.68. The Kier molecular flexibility index (Phi) is 5.52. The number of nitrogens with zero attached hydrogens (tertiary/aromatic N) is 3. The Bertz CT molecular complexity index is 642. The van der Waals surface area contributed by atoms with Crippen molar-refractivity contribution in [1.29, 1.82) is 5.26 Å². The molecule has 0 radical (unpaired) electrons. The summed E-state index contributed by atoms with van der Waals surface area (Å²) >= 11 is 3.38. The molecule has 5 nitrogen and oxygen atoms in total. The van der Waals surface area contributed by atoms with E-state index in [-0.39, 0.29) is 5.91 Å². The predicted octanol–water partition coefficient (Wildman–Crippen LogP) is 2.27. The molecule has 0 spiro atoms. The lowest BCUT2D eigenvalue weighted by Crippen LogP contribution is -2.27. The topological polar surface area (TPSA) is 70.7 Å². The van der Waals surface area contributed by atoms with Crippen LogP contribution in [0.5, 0.6) is 0 Å². The number of hydrogen-bond donors (Lipinski definition) is 1. The zero-order valence-corrected chi connectivity index (χ0v) is 13.0. The number of benzene rings is 1. The second kappa shape index (κ2) is 7.60. The molecule has 2 rings (SSSR count). The largest absolute Gasteiger partial charge is 0.354 e. The van der Waals surface area contributed by atoms with E-state index >= 15 is 0 Å². The van der Waals surface area contributed by atoms with Crippen LogP contribution >= 0.6 is 15.9 Å². The van der Waals surface area contributed by atoms with Crippen LogP contribution in [0.2, 0.25) is 0 Å². The number of rotatable bonds is 6. The summed E-state index contributed by atoms with van der Waals surface area (Å²) in [6.45, 7) is 1.07. The highest BCUT2D eigenvalue weighted by Crippen LogP contribution is 2.11. The van der Waals surface area contributed by atoms with E-state index in [2.05, 4.69) is 26.3 Å². The van der Waals surface area contributed by atoms with Crippen LogP contribution in [-0.4, -0.2) is 22.2 Å². The zero-order chi connectivity index (χ0) is 15.1. The molecule has 0 aliphatic carbocycles. The predicted molar refractivity (Wildman–Crippen MR) is 82.4 cm³/mol. The van der Waals surface area contributed by atoms with Gasteiger partial charge >= 0.3 is 0 Å². The van der Waals surface area contributed by atoms with Crippen molar-refractivity contribution in [3.63, 3.8) is 0 Å². The van der Waals surface area contributed by atoms with E-state index in [1.165, 1.54) is 6.20 Å². The fraction of sp³-hybridized carbons (Fsp3) is 0.267. The Labute approximate surface area is 131 Å². The molecule has 1 N–H and O–H groups in total. The van der Waals surface area contributed by atoms with Gasteiger partial charge in [-0.15, -0.1) is 0 Å². The van der Waals surface area contributed by atoms with E-state index in [0.29, 0.717) is 25.1 Å². The third kappa shape index (κ3) is 5.04. The normalized spacial score (nSPS) is 10.1. The molecular formula is C15H15BrN4O. The Morgan fingerprint density at radius 3 is 2.81 bits per heavy atom. The van der Waals surface area contributed by atoms with E-state index in [1.807, 2.05) is 30.3 Å². The summed E-state index contributed by atoms with van der Waals surface area (Å²) < 4.78 is 2.68. The van der Waals surface area contributed by atoms with Crippen LogP contribution in [0.3, 0.4) is 0 Å². The lowest BCUT2D eigenvalue weighted by atomic mass is 10.1. The number of nitriles is 1. The SMILES string of the molecule is N#Cc1cnn(CCNC(=O)CCc2ccc(Br)cc2)c1. The molecule has 0 unspecified atom stereocenters. The van der Waals surface area contributed by atoms with Crippen molar-refractivity contribution in [3.8, 4) is 6.07 Å². The van der Waals surface area contributed by atoms with Gasteiger partial charge in [-0.2, -0.15) is 10.4 Å². The van der Waals surface area contributed by atoms with Crippen LogP contribution in [0.15, 0.2) is 41.1 Å². The molecule has 0 aliphatic heterocycles. The molecule has 1 aromatic carbocycles. The van der Waals surface area contributed by atoms with Crippen molar-refractivity contribution in [3.05, 3.63) is 52.3 Å². The maximum absolute atomic E-state index is 11.7. The van der Waals surface area contributed by atoms with Gasteiger partial charge in [0.1, 0.15) is 6.07 Å². The first-order chi connectivity index (χ1) is 10.2. The van der Waals surface area contributed by atoms with Crippen LogP contribution < -0.4 is 5.32 Å². The van der Waals surface area contributed by atoms with Crippen LogP contribution in [0.4, 0.5) is 0 Å². The van der Waals surface area contributed by atoms with Gasteiger partial charge in [0, 0.05) is 23.6 Å². The van der Waals surface area contributed by atoms with Gasteiger partial charge < -0.3 is 5.32 Å². The van der Waals surface area contributed by atoms with Gasteiger partial charge in [0.05, 0.1) is 18.3 Å². The molecule has 2 aromatic rings. The lowest BCUT2D eigenvalue weighted by Gasteiger charge is -2.05. The molecule has 1 amide bonds. The number of aromatic nitrogens is 2. The summed E-state index contributed by atoms with van der Waals surface area (Å²) in [5.74, 6) is 0.0191. The third-order valence-electron chi connectivity index (χ3n) is 2.98. The maximum atomic E-state index is 11.7. The summed E-state index contributed by atoms with van der Waals surface area (Å²) in [4.78, 5) is 11.7. The van der Waals surface area contributed by atoms with E-state index < -0.39 is 0 Å². The molecule has 0 fully saturated rings. The van der Waals surface area contributed by atoms with E-state index in [4.69, 9.17) is 5.26 Å². The van der Waals surface area contributed by atoms with E-state index in [9.17, 15) is 4.79 Å². The molecule has 6 heteroatoms. The summed E-state index contributed by atoms with van der Waals surface area (Å²) in [5, 5.41) is 15.6. The summed E-state index contributed by atoms with van der Waals surface area (Å²) in [6.07, 6.45) is 4.35. The number of hydrogen-bond acceptors (Lipinski definition) is 3. The molecule has 108 valence electrons. The lowest BCUT2D eigenvalue weighted by molar-refractivity contribution is -0.121. The standard InChI is InChI=1S/C15H15BrN4O/c16-14-4-1-12(2-5-14)3-6-15(21)18-7-8-20-11-13(9-17)10-19-20/h1-2,4-5,10-11H,3,6-8H2,(H,18,21). The smallest absolute Gasteiger partial charge is 0.220 e. The summed E-state index contributed by atoms with van der Waals surface area (Å²) in [7, 11) is 0. The molecule has 0 aliphatic rings. The van der Waals surface area contributed by atoms with Gasteiger partial charge in [0.15, 0.2) is 0 Å². The average molecular weight is 347 g/mol. The molecule has 21 heavy (non-hydrogen) atoms. The molecule has 1 heterocycles. The summed E-state index contributed by atoms with van der Waals surface area (Å²) in [6, 6.07) is 9.96. The van der Waals surface area contributed by atoms with Crippen molar-refractivity contribution >= 4 is 21.8 Å². The van der Waals surface area contributed by atoms with Crippen molar-refractivity contribution in [1.82, 2.24) is 15.1 Å². The number of carbonyl (C=O) groups excluding carboxylic acids is 1. The second-order valence-electron chi connectivity index (χ2n) is 4.58. The minimum Gasteiger partial charge on any atom is -0.354 e. The van der Waals surface area contributed by atoms with Crippen molar-refractivity contribution in [2.24, 2.45) is 0 Å². The van der Waals surface area contributed by atoms with Crippen molar-refractivity contribution < 1.29 is 4.79 Å². The van der Waals surface area contributed by atoms with Gasteiger partial charge in [-0.1, -0.05) is 28.1 Å². The molecule has 0 saturated carbocycles.